The standard InChI is InChI=1S/C27H29ClN4O6S/c1-27(2,35)25-30-13-21(39-25)22-20(38-18-8-9-32-17(10-18)14-37-26(32)34)11-19(24(31-22)36-3)23(33)29-12-15-4-6-16(28)7-5-15/h4-7,11,13,17-18,35H,8-10,12,14H2,1-3H3,(H,29,33)/t17-,18-/m0/s1. The van der Waals surface area contributed by atoms with Gasteiger partial charge in [-0.25, -0.2) is 14.8 Å². The van der Waals surface area contributed by atoms with E-state index in [-0.39, 0.29) is 42.1 Å². The molecule has 39 heavy (non-hydrogen) atoms. The number of aliphatic hydroxyl groups is 1. The Balaban J connectivity index is 1.46. The number of hydrogen-bond donors (Lipinski definition) is 2. The van der Waals surface area contributed by atoms with Crippen molar-refractivity contribution in [3.63, 3.8) is 0 Å². The molecular weight excluding hydrogens is 544 g/mol. The van der Waals surface area contributed by atoms with Crippen LogP contribution in [0.4, 0.5) is 4.79 Å². The number of nitrogens with zero attached hydrogens (tertiary/aromatic N) is 3. The summed E-state index contributed by atoms with van der Waals surface area (Å²) in [4.78, 5) is 36.6. The van der Waals surface area contributed by atoms with Crippen LogP contribution in [-0.2, 0) is 16.9 Å². The maximum atomic E-state index is 13.3. The van der Waals surface area contributed by atoms with E-state index in [2.05, 4.69) is 15.3 Å². The molecule has 0 saturated carbocycles. The topological polar surface area (TPSA) is 123 Å². The molecule has 2 saturated heterocycles. The minimum atomic E-state index is -1.13. The van der Waals surface area contributed by atoms with Crippen molar-refractivity contribution in [1.29, 1.82) is 0 Å². The SMILES string of the molecule is COc1nc(-c2cnc(C(C)(C)O)s2)c(O[C@H]2CCN3C(=O)OC[C@@H]3C2)cc1C(=O)NCc1ccc(Cl)cc1. The third kappa shape index (κ3) is 5.95. The van der Waals surface area contributed by atoms with E-state index >= 15 is 0 Å². The molecule has 2 N–H and O–H groups in total. The number of piperidine rings is 1. The Morgan fingerprint density at radius 2 is 2.10 bits per heavy atom. The molecule has 2 aromatic heterocycles. The average Bonchev–Trinajstić information content (AvgIpc) is 3.55. The zero-order valence-electron chi connectivity index (χ0n) is 21.8. The van der Waals surface area contributed by atoms with Gasteiger partial charge in [0.1, 0.15) is 40.3 Å². The van der Waals surface area contributed by atoms with Crippen molar-refractivity contribution in [3.8, 4) is 22.2 Å². The smallest absolute Gasteiger partial charge is 0.410 e. The van der Waals surface area contributed by atoms with Crippen molar-refractivity contribution in [2.45, 2.75) is 51.0 Å². The molecule has 4 heterocycles. The van der Waals surface area contributed by atoms with Gasteiger partial charge in [0.05, 0.1) is 18.0 Å². The van der Waals surface area contributed by atoms with Gasteiger partial charge in [-0.3, -0.25) is 4.79 Å². The highest BCUT2D eigenvalue weighted by Crippen LogP contribution is 2.39. The molecule has 10 nitrogen and oxygen atoms in total. The minimum Gasteiger partial charge on any atom is -0.488 e. The molecule has 5 rings (SSSR count). The van der Waals surface area contributed by atoms with Crippen LogP contribution in [-0.4, -0.2) is 64.4 Å². The van der Waals surface area contributed by atoms with Crippen LogP contribution in [0.25, 0.3) is 10.6 Å². The predicted octanol–water partition coefficient (Wildman–Crippen LogP) is 4.39. The van der Waals surface area contributed by atoms with Crippen LogP contribution in [0.1, 0.15) is 47.6 Å². The van der Waals surface area contributed by atoms with Crippen molar-refractivity contribution in [2.24, 2.45) is 0 Å². The molecule has 12 heteroatoms. The Hall–Kier alpha value is -3.41. The Morgan fingerprint density at radius 1 is 1.33 bits per heavy atom. The third-order valence-corrected chi connectivity index (χ3v) is 8.18. The molecule has 206 valence electrons. The number of cyclic esters (lactones) is 1. The Morgan fingerprint density at radius 3 is 2.79 bits per heavy atom. The average molecular weight is 573 g/mol. The van der Waals surface area contributed by atoms with Gasteiger partial charge in [-0.15, -0.1) is 11.3 Å². The number of hydrogen-bond acceptors (Lipinski definition) is 9. The number of aromatic nitrogens is 2. The zero-order chi connectivity index (χ0) is 27.7. The quantitative estimate of drug-likeness (QED) is 0.407. The van der Waals surface area contributed by atoms with Crippen LogP contribution in [0, 0.1) is 0 Å². The first kappa shape index (κ1) is 27.2. The fourth-order valence-corrected chi connectivity index (χ4v) is 5.60. The summed E-state index contributed by atoms with van der Waals surface area (Å²) in [6.07, 6.45) is 2.30. The van der Waals surface area contributed by atoms with E-state index in [9.17, 15) is 14.7 Å². The van der Waals surface area contributed by atoms with Crippen molar-refractivity contribution < 1.29 is 28.9 Å². The number of nitrogens with one attached hydrogen (secondary N) is 1. The number of ether oxygens (including phenoxy) is 3. The number of rotatable bonds is 8. The monoisotopic (exact) mass is 572 g/mol. The van der Waals surface area contributed by atoms with E-state index < -0.39 is 5.60 Å². The lowest BCUT2D eigenvalue weighted by atomic mass is 10.0. The van der Waals surface area contributed by atoms with Crippen LogP contribution in [0.15, 0.2) is 36.5 Å². The molecule has 2 amide bonds. The van der Waals surface area contributed by atoms with Gasteiger partial charge in [0, 0.05) is 43.2 Å². The fourth-order valence-electron chi connectivity index (χ4n) is 4.56. The van der Waals surface area contributed by atoms with Crippen molar-refractivity contribution >= 4 is 34.9 Å². The van der Waals surface area contributed by atoms with Crippen molar-refractivity contribution in [3.05, 3.63) is 57.7 Å². The van der Waals surface area contributed by atoms with Crippen LogP contribution >= 0.6 is 22.9 Å². The van der Waals surface area contributed by atoms with E-state index in [1.807, 2.05) is 12.1 Å². The number of thiazole rings is 1. The van der Waals surface area contributed by atoms with Gasteiger partial charge in [-0.05, 0) is 31.5 Å². The second kappa shape index (κ2) is 11.0. The van der Waals surface area contributed by atoms with Gasteiger partial charge in [0.25, 0.3) is 5.91 Å². The molecule has 2 aliphatic rings. The molecule has 3 aromatic rings. The van der Waals surface area contributed by atoms with Gasteiger partial charge in [-0.2, -0.15) is 0 Å². The van der Waals surface area contributed by atoms with E-state index in [4.69, 9.17) is 25.8 Å². The zero-order valence-corrected chi connectivity index (χ0v) is 23.3. The minimum absolute atomic E-state index is 0.0572. The van der Waals surface area contributed by atoms with E-state index in [1.54, 1.807) is 43.1 Å². The highest BCUT2D eigenvalue weighted by atomic mass is 35.5. The number of fused-ring (bicyclic) bond motifs is 1. The summed E-state index contributed by atoms with van der Waals surface area (Å²) < 4.78 is 17.2. The van der Waals surface area contributed by atoms with E-state index in [1.165, 1.54) is 18.4 Å². The summed E-state index contributed by atoms with van der Waals surface area (Å²) in [5, 5.41) is 14.5. The summed E-state index contributed by atoms with van der Waals surface area (Å²) in [7, 11) is 1.45. The second-order valence-corrected chi connectivity index (χ2v) is 11.4. The lowest BCUT2D eigenvalue weighted by Crippen LogP contribution is -2.44. The third-order valence-electron chi connectivity index (χ3n) is 6.61. The maximum absolute atomic E-state index is 13.3. The fraction of sp³-hybridized carbons (Fsp3) is 0.407. The number of halogens is 1. The van der Waals surface area contributed by atoms with Crippen LogP contribution in [0.3, 0.4) is 0 Å². The number of amides is 2. The highest BCUT2D eigenvalue weighted by Gasteiger charge is 2.39. The van der Waals surface area contributed by atoms with Gasteiger partial charge in [-0.1, -0.05) is 23.7 Å². The first-order chi connectivity index (χ1) is 18.6. The van der Waals surface area contributed by atoms with Crippen molar-refractivity contribution in [2.75, 3.05) is 20.3 Å². The number of methoxy groups -OCH3 is 1. The lowest BCUT2D eigenvalue weighted by molar-refractivity contribution is 0.0782. The van der Waals surface area contributed by atoms with Gasteiger partial charge >= 0.3 is 6.09 Å². The first-order valence-corrected chi connectivity index (χ1v) is 13.7. The largest absolute Gasteiger partial charge is 0.488 e. The Labute approximate surface area is 234 Å². The summed E-state index contributed by atoms with van der Waals surface area (Å²) in [5.74, 6) is 0.146. The van der Waals surface area contributed by atoms with Crippen LogP contribution in [0.2, 0.25) is 5.02 Å². The molecule has 0 radical (unpaired) electrons. The molecular formula is C27H29ClN4O6S. The molecule has 0 unspecified atom stereocenters. The predicted molar refractivity (Wildman–Crippen MR) is 145 cm³/mol. The van der Waals surface area contributed by atoms with Crippen molar-refractivity contribution in [1.82, 2.24) is 20.2 Å². The number of pyridine rings is 1. The normalized spacial score (nSPS) is 18.9. The number of carbonyl (C=O) groups excluding carboxylic acids is 2. The van der Waals surface area contributed by atoms with Crippen LogP contribution in [0.5, 0.6) is 11.6 Å². The Bertz CT molecular complexity index is 1370. The van der Waals surface area contributed by atoms with Crippen LogP contribution < -0.4 is 14.8 Å². The van der Waals surface area contributed by atoms with Gasteiger partial charge < -0.3 is 29.5 Å². The van der Waals surface area contributed by atoms with E-state index in [0.29, 0.717) is 52.3 Å². The van der Waals surface area contributed by atoms with E-state index in [0.717, 1.165) is 5.56 Å². The molecule has 2 fully saturated rings. The maximum Gasteiger partial charge on any atom is 0.410 e. The van der Waals surface area contributed by atoms with Gasteiger partial charge in [0.15, 0.2) is 0 Å². The summed E-state index contributed by atoms with van der Waals surface area (Å²) in [5.41, 5.74) is 0.429. The number of benzene rings is 1. The molecule has 2 atom stereocenters. The summed E-state index contributed by atoms with van der Waals surface area (Å²) in [6, 6.07) is 8.77. The first-order valence-electron chi connectivity index (χ1n) is 12.5. The molecule has 0 spiro atoms. The lowest BCUT2D eigenvalue weighted by Gasteiger charge is -2.32. The second-order valence-electron chi connectivity index (χ2n) is 9.98. The molecule has 0 bridgehead atoms. The highest BCUT2D eigenvalue weighted by molar-refractivity contribution is 7.15. The molecule has 2 aliphatic heterocycles. The van der Waals surface area contributed by atoms with Gasteiger partial charge in [0.2, 0.25) is 5.88 Å². The summed E-state index contributed by atoms with van der Waals surface area (Å²) in [6.45, 7) is 4.45. The Kier molecular flexibility index (Phi) is 7.66. The summed E-state index contributed by atoms with van der Waals surface area (Å²) >= 11 is 7.25. The number of carbonyl (C=O) groups is 2. The molecule has 1 aromatic carbocycles. The molecule has 0 aliphatic carbocycles.